The van der Waals surface area contributed by atoms with E-state index in [2.05, 4.69) is 12.6 Å². The fourth-order valence-electron chi connectivity index (χ4n) is 2.44. The van der Waals surface area contributed by atoms with Crippen LogP contribution in [0.4, 0.5) is 5.69 Å². The first kappa shape index (κ1) is 12.1. The Bertz CT molecular complexity index is 566. The molecule has 3 nitrogen and oxygen atoms in total. The highest BCUT2D eigenvalue weighted by atomic mass is 16.2. The largest absolute Gasteiger partial charge is 0.304 e. The molecule has 0 aromatic heterocycles. The standard InChI is InChI=1S/C15H14N2O/c1-3-6-14-13(9-10-16)12-7-4-5-8-15(12)17(14)11(2)18/h3-5,7-9,14H,1,6H2,2H3/b13-9+. The predicted molar refractivity (Wildman–Crippen MR) is 71.8 cm³/mol. The lowest BCUT2D eigenvalue weighted by Gasteiger charge is -2.23. The number of carbonyl (C=O) groups is 1. The van der Waals surface area contributed by atoms with Crippen LogP contribution in [0.3, 0.4) is 0 Å². The minimum atomic E-state index is -0.114. The van der Waals surface area contributed by atoms with Crippen molar-refractivity contribution in [1.29, 1.82) is 5.26 Å². The molecule has 3 heteroatoms. The number of nitrogens with zero attached hydrogens (tertiary/aromatic N) is 2. The Kier molecular flexibility index (Phi) is 3.29. The average Bonchev–Trinajstić information content (AvgIpc) is 2.65. The van der Waals surface area contributed by atoms with E-state index in [0.29, 0.717) is 6.42 Å². The van der Waals surface area contributed by atoms with Crippen molar-refractivity contribution in [3.63, 3.8) is 0 Å². The van der Waals surface area contributed by atoms with Crippen molar-refractivity contribution < 1.29 is 4.79 Å². The lowest BCUT2D eigenvalue weighted by atomic mass is 10.00. The van der Waals surface area contributed by atoms with Gasteiger partial charge in [0, 0.05) is 18.6 Å². The fraction of sp³-hybridized carbons (Fsp3) is 0.200. The van der Waals surface area contributed by atoms with Crippen LogP contribution >= 0.6 is 0 Å². The van der Waals surface area contributed by atoms with Crippen LogP contribution < -0.4 is 4.90 Å². The van der Waals surface area contributed by atoms with Gasteiger partial charge in [0.1, 0.15) is 0 Å². The average molecular weight is 238 g/mol. The highest BCUT2D eigenvalue weighted by Crippen LogP contribution is 2.41. The van der Waals surface area contributed by atoms with Gasteiger partial charge >= 0.3 is 0 Å². The summed E-state index contributed by atoms with van der Waals surface area (Å²) in [6.45, 7) is 5.27. The summed E-state index contributed by atoms with van der Waals surface area (Å²) in [6, 6.07) is 9.61. The summed E-state index contributed by atoms with van der Waals surface area (Å²) in [5, 5.41) is 8.91. The molecule has 0 saturated carbocycles. The van der Waals surface area contributed by atoms with Gasteiger partial charge < -0.3 is 4.90 Å². The molecule has 0 spiro atoms. The predicted octanol–water partition coefficient (Wildman–Crippen LogP) is 2.90. The van der Waals surface area contributed by atoms with Gasteiger partial charge in [0.15, 0.2) is 0 Å². The third kappa shape index (κ3) is 1.82. The van der Waals surface area contributed by atoms with Crippen molar-refractivity contribution in [1.82, 2.24) is 0 Å². The summed E-state index contributed by atoms with van der Waals surface area (Å²) in [4.78, 5) is 13.6. The maximum atomic E-state index is 11.8. The number of allylic oxidation sites excluding steroid dienone is 1. The second-order valence-corrected chi connectivity index (χ2v) is 4.18. The minimum Gasteiger partial charge on any atom is -0.304 e. The quantitative estimate of drug-likeness (QED) is 0.587. The molecule has 1 unspecified atom stereocenters. The maximum Gasteiger partial charge on any atom is 0.224 e. The smallest absolute Gasteiger partial charge is 0.224 e. The first-order valence-electron chi connectivity index (χ1n) is 5.80. The van der Waals surface area contributed by atoms with Gasteiger partial charge in [-0.3, -0.25) is 4.79 Å². The van der Waals surface area contributed by atoms with Crippen LogP contribution in [-0.2, 0) is 4.79 Å². The summed E-state index contributed by atoms with van der Waals surface area (Å²) in [6.07, 6.45) is 3.94. The molecule has 1 aromatic carbocycles. The minimum absolute atomic E-state index is 0.0179. The molecule has 0 saturated heterocycles. The summed E-state index contributed by atoms with van der Waals surface area (Å²) in [5.41, 5.74) is 2.72. The molecule has 0 radical (unpaired) electrons. The van der Waals surface area contributed by atoms with Crippen molar-refractivity contribution in [3.8, 4) is 6.07 Å². The van der Waals surface area contributed by atoms with Gasteiger partial charge in [0.25, 0.3) is 0 Å². The molecule has 0 aliphatic carbocycles. The monoisotopic (exact) mass is 238 g/mol. The first-order valence-corrected chi connectivity index (χ1v) is 5.80. The topological polar surface area (TPSA) is 44.1 Å². The summed E-state index contributed by atoms with van der Waals surface area (Å²) in [7, 11) is 0. The van der Waals surface area contributed by atoms with Gasteiger partial charge in [-0.2, -0.15) is 5.26 Å². The van der Waals surface area contributed by atoms with Gasteiger partial charge in [-0.15, -0.1) is 6.58 Å². The van der Waals surface area contributed by atoms with E-state index >= 15 is 0 Å². The van der Waals surface area contributed by atoms with Crippen LogP contribution in [0.15, 0.2) is 43.0 Å². The molecule has 1 amide bonds. The molecule has 1 atom stereocenters. The van der Waals surface area contributed by atoms with E-state index in [0.717, 1.165) is 16.8 Å². The Morgan fingerprint density at radius 1 is 1.56 bits per heavy atom. The van der Waals surface area contributed by atoms with Gasteiger partial charge in [0.05, 0.1) is 17.8 Å². The Hall–Kier alpha value is -2.34. The number of rotatable bonds is 2. The highest BCUT2D eigenvalue weighted by Gasteiger charge is 2.34. The summed E-state index contributed by atoms with van der Waals surface area (Å²) in [5.74, 6) is -0.0179. The van der Waals surface area contributed by atoms with E-state index in [1.807, 2.05) is 24.3 Å². The molecule has 0 N–H and O–H groups in total. The van der Waals surface area contributed by atoms with E-state index in [1.165, 1.54) is 6.08 Å². The zero-order valence-electron chi connectivity index (χ0n) is 10.3. The molecule has 1 aliphatic heterocycles. The Labute approximate surface area is 107 Å². The zero-order chi connectivity index (χ0) is 13.1. The van der Waals surface area contributed by atoms with Gasteiger partial charge in [-0.05, 0) is 18.1 Å². The van der Waals surface area contributed by atoms with Crippen LogP contribution in [0.25, 0.3) is 5.57 Å². The Morgan fingerprint density at radius 3 is 2.89 bits per heavy atom. The second kappa shape index (κ2) is 4.89. The molecule has 1 heterocycles. The zero-order valence-corrected chi connectivity index (χ0v) is 10.3. The van der Waals surface area contributed by atoms with Crippen LogP contribution in [-0.4, -0.2) is 11.9 Å². The van der Waals surface area contributed by atoms with Crippen molar-refractivity contribution in [2.45, 2.75) is 19.4 Å². The Morgan fingerprint density at radius 2 is 2.28 bits per heavy atom. The third-order valence-corrected chi connectivity index (χ3v) is 3.09. The second-order valence-electron chi connectivity index (χ2n) is 4.18. The molecule has 18 heavy (non-hydrogen) atoms. The van der Waals surface area contributed by atoms with Crippen molar-refractivity contribution in [2.75, 3.05) is 4.90 Å². The SMILES string of the molecule is C=CCC1/C(=C/C#N)c2ccccc2N1C(C)=O. The molecular formula is C15H14N2O. The highest BCUT2D eigenvalue weighted by molar-refractivity contribution is 6.03. The number of amides is 1. The molecule has 2 rings (SSSR count). The van der Waals surface area contributed by atoms with E-state index in [-0.39, 0.29) is 11.9 Å². The molecule has 0 fully saturated rings. The number of hydrogen-bond acceptors (Lipinski definition) is 2. The summed E-state index contributed by atoms with van der Waals surface area (Å²) < 4.78 is 0. The van der Waals surface area contributed by atoms with Crippen molar-refractivity contribution in [3.05, 3.63) is 48.6 Å². The number of nitriles is 1. The van der Waals surface area contributed by atoms with E-state index < -0.39 is 0 Å². The third-order valence-electron chi connectivity index (χ3n) is 3.09. The van der Waals surface area contributed by atoms with Crippen LogP contribution in [0.5, 0.6) is 0 Å². The molecular weight excluding hydrogens is 224 g/mol. The van der Waals surface area contributed by atoms with Crippen LogP contribution in [0.2, 0.25) is 0 Å². The Balaban J connectivity index is 2.61. The number of anilines is 1. The molecule has 90 valence electrons. The number of para-hydroxylation sites is 1. The van der Waals surface area contributed by atoms with Crippen molar-refractivity contribution in [2.24, 2.45) is 0 Å². The normalized spacial score (nSPS) is 19.4. The number of carbonyl (C=O) groups excluding carboxylic acids is 1. The number of fused-ring (bicyclic) bond motifs is 1. The molecule has 1 aliphatic rings. The van der Waals surface area contributed by atoms with E-state index in [1.54, 1.807) is 17.9 Å². The first-order chi connectivity index (χ1) is 8.70. The summed E-state index contributed by atoms with van der Waals surface area (Å²) >= 11 is 0. The van der Waals surface area contributed by atoms with E-state index in [9.17, 15) is 4.79 Å². The maximum absolute atomic E-state index is 11.8. The van der Waals surface area contributed by atoms with E-state index in [4.69, 9.17) is 5.26 Å². The van der Waals surface area contributed by atoms with Crippen LogP contribution in [0, 0.1) is 11.3 Å². The lowest BCUT2D eigenvalue weighted by molar-refractivity contribution is -0.116. The lowest BCUT2D eigenvalue weighted by Crippen LogP contribution is -2.35. The van der Waals surface area contributed by atoms with Gasteiger partial charge in [-0.25, -0.2) is 0 Å². The number of benzene rings is 1. The van der Waals surface area contributed by atoms with Crippen LogP contribution in [0.1, 0.15) is 18.9 Å². The number of hydrogen-bond donors (Lipinski definition) is 0. The van der Waals surface area contributed by atoms with Gasteiger partial charge in [0.2, 0.25) is 5.91 Å². The van der Waals surface area contributed by atoms with Crippen molar-refractivity contribution >= 4 is 17.2 Å². The van der Waals surface area contributed by atoms with Gasteiger partial charge in [-0.1, -0.05) is 24.3 Å². The fourth-order valence-corrected chi connectivity index (χ4v) is 2.44. The molecule has 1 aromatic rings. The molecule has 0 bridgehead atoms.